The fraction of sp³-hybridized carbons (Fsp3) is 0.222. The summed E-state index contributed by atoms with van der Waals surface area (Å²) in [5.41, 5.74) is 2.17. The molecule has 0 amide bonds. The molecule has 2 rings (SSSR count). The summed E-state index contributed by atoms with van der Waals surface area (Å²) in [6.45, 7) is 0. The van der Waals surface area contributed by atoms with Gasteiger partial charge in [-0.2, -0.15) is 0 Å². The van der Waals surface area contributed by atoms with Crippen molar-refractivity contribution in [3.05, 3.63) is 30.2 Å². The second-order valence-corrected chi connectivity index (χ2v) is 6.01. The maximum absolute atomic E-state index is 10.8. The van der Waals surface area contributed by atoms with Gasteiger partial charge in [0.05, 0.1) is 5.75 Å². The maximum atomic E-state index is 10.8. The van der Waals surface area contributed by atoms with Gasteiger partial charge in [-0.3, -0.25) is 0 Å². The fourth-order valence-corrected chi connectivity index (χ4v) is 2.07. The minimum atomic E-state index is -3.46. The third-order valence-electron chi connectivity index (χ3n) is 2.06. The van der Waals surface area contributed by atoms with E-state index in [2.05, 4.69) is 4.98 Å². The maximum Gasteiger partial charge on any atom is 0.232 e. The van der Waals surface area contributed by atoms with Gasteiger partial charge in [0.2, 0.25) is 9.05 Å². The van der Waals surface area contributed by atoms with E-state index in [-0.39, 0.29) is 5.75 Å². The lowest BCUT2D eigenvalue weighted by Gasteiger charge is -1.99. The van der Waals surface area contributed by atoms with E-state index >= 15 is 0 Å². The van der Waals surface area contributed by atoms with Crippen LogP contribution < -0.4 is 0 Å². The normalized spacial score (nSPS) is 12.1. The molecule has 0 aliphatic rings. The minimum absolute atomic E-state index is 0.0967. The Morgan fingerprint density at radius 3 is 2.93 bits per heavy atom. The molecule has 1 heterocycles. The second-order valence-electron chi connectivity index (χ2n) is 3.11. The summed E-state index contributed by atoms with van der Waals surface area (Å²) in [6, 6.07) is 5.39. The Labute approximate surface area is 91.3 Å². The molecule has 0 spiro atoms. The molecule has 6 heteroatoms. The zero-order valence-electron chi connectivity index (χ0n) is 7.68. The van der Waals surface area contributed by atoms with E-state index in [9.17, 15) is 8.42 Å². The highest BCUT2D eigenvalue weighted by atomic mass is 35.7. The molecule has 0 fully saturated rings. The summed E-state index contributed by atoms with van der Waals surface area (Å²) in [5.74, 6) is -0.0967. The summed E-state index contributed by atoms with van der Waals surface area (Å²) in [6.07, 6.45) is 1.68. The molecule has 80 valence electrons. The van der Waals surface area contributed by atoms with E-state index in [1.165, 1.54) is 6.39 Å². The third kappa shape index (κ3) is 2.49. The zero-order chi connectivity index (χ0) is 10.9. The molecule has 1 aromatic carbocycles. The number of nitrogens with zero attached hydrogens (tertiary/aromatic N) is 1. The van der Waals surface area contributed by atoms with E-state index in [0.717, 1.165) is 5.56 Å². The average molecular weight is 246 g/mol. The second kappa shape index (κ2) is 3.83. The van der Waals surface area contributed by atoms with Crippen molar-refractivity contribution in [1.82, 2.24) is 4.98 Å². The minimum Gasteiger partial charge on any atom is -0.443 e. The third-order valence-corrected chi connectivity index (χ3v) is 3.21. The Morgan fingerprint density at radius 1 is 1.40 bits per heavy atom. The van der Waals surface area contributed by atoms with Gasteiger partial charge in [-0.15, -0.1) is 0 Å². The number of benzene rings is 1. The van der Waals surface area contributed by atoms with Crippen LogP contribution in [0, 0.1) is 0 Å². The van der Waals surface area contributed by atoms with Crippen LogP contribution in [0.4, 0.5) is 0 Å². The standard InChI is InChI=1S/C9H8ClNO3S/c10-15(12,13)5-4-7-2-1-3-8-9(7)11-6-14-8/h1-3,6H,4-5H2. The Hall–Kier alpha value is -1.07. The summed E-state index contributed by atoms with van der Waals surface area (Å²) in [4.78, 5) is 4.01. The number of aromatic nitrogens is 1. The highest BCUT2D eigenvalue weighted by Gasteiger charge is 2.09. The van der Waals surface area contributed by atoms with Crippen LogP contribution in [-0.2, 0) is 15.5 Å². The molecule has 0 radical (unpaired) electrons. The molecule has 0 saturated heterocycles. The molecule has 0 saturated carbocycles. The Kier molecular flexibility index (Phi) is 2.67. The number of hydrogen-bond donors (Lipinski definition) is 0. The van der Waals surface area contributed by atoms with Gasteiger partial charge in [-0.1, -0.05) is 12.1 Å². The van der Waals surface area contributed by atoms with Gasteiger partial charge in [0.15, 0.2) is 12.0 Å². The molecule has 4 nitrogen and oxygen atoms in total. The summed E-state index contributed by atoms with van der Waals surface area (Å²) in [5, 5.41) is 0. The van der Waals surface area contributed by atoms with Gasteiger partial charge >= 0.3 is 0 Å². The number of oxazole rings is 1. The Balaban J connectivity index is 2.32. The molecule has 1 aromatic heterocycles. The van der Waals surface area contributed by atoms with Crippen LogP contribution in [0.15, 0.2) is 29.0 Å². The Bertz CT molecular complexity index is 576. The van der Waals surface area contributed by atoms with Crippen molar-refractivity contribution in [2.24, 2.45) is 0 Å². The van der Waals surface area contributed by atoms with Gasteiger partial charge in [-0.25, -0.2) is 13.4 Å². The van der Waals surface area contributed by atoms with Crippen LogP contribution in [-0.4, -0.2) is 19.2 Å². The molecule has 0 aliphatic heterocycles. The highest BCUT2D eigenvalue weighted by molar-refractivity contribution is 8.13. The molecule has 0 bridgehead atoms. The Morgan fingerprint density at radius 2 is 2.20 bits per heavy atom. The van der Waals surface area contributed by atoms with Crippen molar-refractivity contribution in [3.63, 3.8) is 0 Å². The lowest BCUT2D eigenvalue weighted by molar-refractivity contribution is 0.602. The van der Waals surface area contributed by atoms with Crippen LogP contribution in [0.3, 0.4) is 0 Å². The first-order valence-electron chi connectivity index (χ1n) is 4.30. The van der Waals surface area contributed by atoms with E-state index in [4.69, 9.17) is 15.1 Å². The number of rotatable bonds is 3. The van der Waals surface area contributed by atoms with Crippen LogP contribution in [0.25, 0.3) is 11.1 Å². The summed E-state index contributed by atoms with van der Waals surface area (Å²) >= 11 is 0. The molecule has 2 aromatic rings. The fourth-order valence-electron chi connectivity index (χ4n) is 1.38. The molecule has 0 N–H and O–H groups in total. The van der Waals surface area contributed by atoms with Crippen LogP contribution in [0.2, 0.25) is 0 Å². The van der Waals surface area contributed by atoms with E-state index in [0.29, 0.717) is 17.5 Å². The molecular weight excluding hydrogens is 238 g/mol. The lowest BCUT2D eigenvalue weighted by atomic mass is 10.1. The van der Waals surface area contributed by atoms with E-state index in [1.807, 2.05) is 6.07 Å². The van der Waals surface area contributed by atoms with Gasteiger partial charge in [0, 0.05) is 10.7 Å². The van der Waals surface area contributed by atoms with Crippen molar-refractivity contribution >= 4 is 30.8 Å². The molecular formula is C9H8ClNO3S. The summed E-state index contributed by atoms with van der Waals surface area (Å²) < 4.78 is 26.7. The topological polar surface area (TPSA) is 60.2 Å². The predicted molar refractivity (Wildman–Crippen MR) is 57.4 cm³/mol. The molecule has 0 atom stereocenters. The SMILES string of the molecule is O=S(=O)(Cl)CCc1cccc2ocnc12. The highest BCUT2D eigenvalue weighted by Crippen LogP contribution is 2.18. The van der Waals surface area contributed by atoms with Crippen molar-refractivity contribution in [2.75, 3.05) is 5.75 Å². The number of halogens is 1. The molecule has 0 aliphatic carbocycles. The monoisotopic (exact) mass is 245 g/mol. The van der Waals surface area contributed by atoms with E-state index in [1.54, 1.807) is 12.1 Å². The first-order valence-corrected chi connectivity index (χ1v) is 6.77. The molecule has 15 heavy (non-hydrogen) atoms. The van der Waals surface area contributed by atoms with Crippen molar-refractivity contribution in [3.8, 4) is 0 Å². The van der Waals surface area contributed by atoms with Crippen molar-refractivity contribution in [1.29, 1.82) is 0 Å². The summed E-state index contributed by atoms with van der Waals surface area (Å²) in [7, 11) is 1.68. The first-order chi connectivity index (χ1) is 7.06. The van der Waals surface area contributed by atoms with Gasteiger partial charge in [0.1, 0.15) is 5.52 Å². The predicted octanol–water partition coefficient (Wildman–Crippen LogP) is 1.94. The average Bonchev–Trinajstić information content (AvgIpc) is 2.61. The number of para-hydroxylation sites is 1. The quantitative estimate of drug-likeness (QED) is 0.776. The van der Waals surface area contributed by atoms with Gasteiger partial charge < -0.3 is 4.42 Å². The van der Waals surface area contributed by atoms with Crippen molar-refractivity contribution < 1.29 is 12.8 Å². The van der Waals surface area contributed by atoms with Crippen LogP contribution in [0.5, 0.6) is 0 Å². The number of hydrogen-bond acceptors (Lipinski definition) is 4. The smallest absolute Gasteiger partial charge is 0.232 e. The van der Waals surface area contributed by atoms with Crippen molar-refractivity contribution in [2.45, 2.75) is 6.42 Å². The van der Waals surface area contributed by atoms with Gasteiger partial charge in [0.25, 0.3) is 0 Å². The zero-order valence-corrected chi connectivity index (χ0v) is 9.25. The largest absolute Gasteiger partial charge is 0.443 e. The number of fused-ring (bicyclic) bond motifs is 1. The lowest BCUT2D eigenvalue weighted by Crippen LogP contribution is -2.01. The molecule has 0 unspecified atom stereocenters. The first kappa shape index (κ1) is 10.4. The van der Waals surface area contributed by atoms with E-state index < -0.39 is 9.05 Å². The van der Waals surface area contributed by atoms with Crippen LogP contribution >= 0.6 is 10.7 Å². The number of aryl methyl sites for hydroxylation is 1. The van der Waals surface area contributed by atoms with Gasteiger partial charge in [-0.05, 0) is 18.1 Å². The van der Waals surface area contributed by atoms with Crippen LogP contribution in [0.1, 0.15) is 5.56 Å².